The summed E-state index contributed by atoms with van der Waals surface area (Å²) in [6.45, 7) is 1.97. The Balaban J connectivity index is 1.35. The minimum Gasteiger partial charge on any atom is -0.337 e. The zero-order valence-corrected chi connectivity index (χ0v) is 22.1. The molecule has 0 aliphatic carbocycles. The van der Waals surface area contributed by atoms with Gasteiger partial charge in [-0.25, -0.2) is 4.98 Å². The summed E-state index contributed by atoms with van der Waals surface area (Å²) in [5.74, 6) is -1.73. The number of nitrogens with zero attached hydrogens (tertiary/aromatic N) is 2. The topological polar surface area (TPSA) is 93.1 Å². The number of ketones is 1. The Morgan fingerprint density at radius 3 is 2.49 bits per heavy atom. The molecule has 2 amide bonds. The molecule has 0 radical (unpaired) electrons. The quantitative estimate of drug-likeness (QED) is 0.177. The van der Waals surface area contributed by atoms with Crippen molar-refractivity contribution < 1.29 is 14.4 Å². The Hall–Kier alpha value is -4.08. The summed E-state index contributed by atoms with van der Waals surface area (Å²) in [4.78, 5) is 43.2. The van der Waals surface area contributed by atoms with Crippen LogP contribution in [0.2, 0.25) is 0 Å². The number of nitrogens with one attached hydrogen (secondary N) is 2. The van der Waals surface area contributed by atoms with Gasteiger partial charge in [0.1, 0.15) is 6.54 Å². The number of Topliss-reactive ketones (excluding diaryl/α,β-unsaturated/α-hetero) is 1. The minimum absolute atomic E-state index is 0.0504. The zero-order valence-electron chi connectivity index (χ0n) is 19.7. The first kappa shape index (κ1) is 24.6. The van der Waals surface area contributed by atoms with Crippen molar-refractivity contribution in [2.45, 2.75) is 13.5 Å². The Labute approximate surface area is 225 Å². The molecule has 7 nitrogen and oxygen atoms in total. The number of halogens is 1. The smallest absolute Gasteiger partial charge is 0.296 e. The molecule has 9 heteroatoms. The molecule has 0 spiro atoms. The second kappa shape index (κ2) is 10.5. The summed E-state index contributed by atoms with van der Waals surface area (Å²) >= 11 is 4.77. The highest BCUT2D eigenvalue weighted by Crippen LogP contribution is 2.28. The van der Waals surface area contributed by atoms with E-state index >= 15 is 0 Å². The lowest BCUT2D eigenvalue weighted by Crippen LogP contribution is -2.23. The second-order valence-corrected chi connectivity index (χ2v) is 10.2. The van der Waals surface area contributed by atoms with Crippen LogP contribution in [0, 0.1) is 6.92 Å². The van der Waals surface area contributed by atoms with Crippen molar-refractivity contribution in [1.29, 1.82) is 0 Å². The van der Waals surface area contributed by atoms with Gasteiger partial charge < -0.3 is 15.2 Å². The fourth-order valence-electron chi connectivity index (χ4n) is 3.91. The molecule has 0 bridgehead atoms. The fraction of sp³-hybridized carbons (Fsp3) is 0.0714. The maximum Gasteiger partial charge on any atom is 0.296 e. The van der Waals surface area contributed by atoms with E-state index in [0.29, 0.717) is 21.7 Å². The van der Waals surface area contributed by atoms with Gasteiger partial charge in [-0.1, -0.05) is 64.0 Å². The molecule has 0 atom stereocenters. The predicted octanol–water partition coefficient (Wildman–Crippen LogP) is 6.30. The van der Waals surface area contributed by atoms with Crippen LogP contribution in [0.25, 0.3) is 22.2 Å². The summed E-state index contributed by atoms with van der Waals surface area (Å²) < 4.78 is 2.42. The lowest BCUT2D eigenvalue weighted by molar-refractivity contribution is -0.116. The average Bonchev–Trinajstić information content (AvgIpc) is 3.49. The van der Waals surface area contributed by atoms with Gasteiger partial charge in [0.15, 0.2) is 5.13 Å². The molecule has 3 aromatic carbocycles. The number of amides is 2. The highest BCUT2D eigenvalue weighted by Gasteiger charge is 2.23. The average molecular weight is 573 g/mol. The van der Waals surface area contributed by atoms with Gasteiger partial charge in [-0.2, -0.15) is 0 Å². The highest BCUT2D eigenvalue weighted by molar-refractivity contribution is 9.10. The molecule has 2 aromatic heterocycles. The molecule has 0 aliphatic heterocycles. The fourth-order valence-corrected chi connectivity index (χ4v) is 5.01. The maximum absolute atomic E-state index is 13.1. The third-order valence-corrected chi connectivity index (χ3v) is 6.99. The number of carbonyl (C=O) groups excluding carboxylic acids is 3. The number of anilines is 2. The normalized spacial score (nSPS) is 10.9. The lowest BCUT2D eigenvalue weighted by atomic mass is 10.1. The van der Waals surface area contributed by atoms with Crippen molar-refractivity contribution in [3.05, 3.63) is 100.0 Å². The van der Waals surface area contributed by atoms with E-state index < -0.39 is 11.7 Å². The summed E-state index contributed by atoms with van der Waals surface area (Å²) in [5.41, 5.74) is 4.32. The number of aromatic nitrogens is 2. The number of thiazole rings is 1. The summed E-state index contributed by atoms with van der Waals surface area (Å²) in [7, 11) is 0. The van der Waals surface area contributed by atoms with Crippen LogP contribution in [0.3, 0.4) is 0 Å². The van der Waals surface area contributed by atoms with Crippen molar-refractivity contribution in [1.82, 2.24) is 9.55 Å². The van der Waals surface area contributed by atoms with E-state index in [4.69, 9.17) is 0 Å². The molecule has 0 saturated carbocycles. The van der Waals surface area contributed by atoms with Crippen molar-refractivity contribution in [3.63, 3.8) is 0 Å². The first-order chi connectivity index (χ1) is 17.9. The van der Waals surface area contributed by atoms with Crippen LogP contribution in [-0.2, 0) is 16.1 Å². The molecule has 0 aliphatic rings. The molecular weight excluding hydrogens is 552 g/mol. The highest BCUT2D eigenvalue weighted by atomic mass is 79.9. The molecule has 0 saturated heterocycles. The van der Waals surface area contributed by atoms with Gasteiger partial charge in [0, 0.05) is 38.2 Å². The first-order valence-corrected chi connectivity index (χ1v) is 13.1. The molecule has 0 fully saturated rings. The van der Waals surface area contributed by atoms with Crippen molar-refractivity contribution in [3.8, 4) is 11.3 Å². The number of carbonyl (C=O) groups is 3. The molecule has 2 N–H and O–H groups in total. The lowest BCUT2D eigenvalue weighted by Gasteiger charge is -2.05. The zero-order chi connectivity index (χ0) is 25.9. The molecule has 184 valence electrons. The van der Waals surface area contributed by atoms with Gasteiger partial charge in [-0.3, -0.25) is 14.4 Å². The van der Waals surface area contributed by atoms with Crippen LogP contribution < -0.4 is 10.6 Å². The number of aryl methyl sites for hydroxylation is 1. The van der Waals surface area contributed by atoms with E-state index in [0.717, 1.165) is 21.3 Å². The van der Waals surface area contributed by atoms with Crippen LogP contribution in [0.1, 0.15) is 15.9 Å². The van der Waals surface area contributed by atoms with Gasteiger partial charge in [-0.15, -0.1) is 11.3 Å². The van der Waals surface area contributed by atoms with Crippen LogP contribution >= 0.6 is 27.3 Å². The number of rotatable bonds is 7. The van der Waals surface area contributed by atoms with Gasteiger partial charge in [0.25, 0.3) is 11.7 Å². The van der Waals surface area contributed by atoms with E-state index in [1.165, 1.54) is 11.3 Å². The third-order valence-electron chi connectivity index (χ3n) is 5.74. The minimum atomic E-state index is -0.749. The summed E-state index contributed by atoms with van der Waals surface area (Å²) in [6, 6.07) is 22.2. The number of benzene rings is 3. The van der Waals surface area contributed by atoms with E-state index in [-0.39, 0.29) is 18.0 Å². The van der Waals surface area contributed by atoms with E-state index in [1.54, 1.807) is 47.2 Å². The van der Waals surface area contributed by atoms with Crippen LogP contribution in [0.15, 0.2) is 88.8 Å². The van der Waals surface area contributed by atoms with E-state index in [2.05, 4.69) is 31.5 Å². The molecular formula is C28H21BrN4O3S. The van der Waals surface area contributed by atoms with E-state index in [9.17, 15) is 14.4 Å². The maximum atomic E-state index is 13.1. The Kier molecular flexibility index (Phi) is 6.98. The molecule has 2 heterocycles. The molecule has 0 unspecified atom stereocenters. The first-order valence-electron chi connectivity index (χ1n) is 11.4. The van der Waals surface area contributed by atoms with Crippen molar-refractivity contribution >= 4 is 66.6 Å². The van der Waals surface area contributed by atoms with Crippen molar-refractivity contribution in [2.24, 2.45) is 0 Å². The van der Waals surface area contributed by atoms with E-state index in [1.807, 2.05) is 48.7 Å². The monoisotopic (exact) mass is 572 g/mol. The molecule has 5 aromatic rings. The van der Waals surface area contributed by atoms with Crippen molar-refractivity contribution in [2.75, 3.05) is 10.6 Å². The largest absolute Gasteiger partial charge is 0.337 e. The predicted molar refractivity (Wildman–Crippen MR) is 150 cm³/mol. The van der Waals surface area contributed by atoms with Crippen LogP contribution in [-0.4, -0.2) is 27.1 Å². The van der Waals surface area contributed by atoms with Gasteiger partial charge in [0.2, 0.25) is 5.91 Å². The summed E-state index contributed by atoms with van der Waals surface area (Å²) in [5, 5.41) is 8.42. The number of para-hydroxylation sites is 1. The Bertz CT molecular complexity index is 1620. The van der Waals surface area contributed by atoms with Crippen LogP contribution in [0.4, 0.5) is 10.8 Å². The van der Waals surface area contributed by atoms with Gasteiger partial charge >= 0.3 is 0 Å². The standard InChI is InChI=1S/C28H21BrN4O3S/c1-17-7-9-18(10-8-17)23-16-37-28(31-23)32-25(34)15-33-14-22(21-13-19(29)11-12-24(21)33)26(35)27(36)30-20-5-3-2-4-6-20/h2-14,16H,15H2,1H3,(H,30,36)(H,31,32,34). The second-order valence-electron chi connectivity index (χ2n) is 8.43. The Morgan fingerprint density at radius 1 is 0.973 bits per heavy atom. The molecule has 37 heavy (non-hydrogen) atoms. The van der Waals surface area contributed by atoms with Gasteiger partial charge in [-0.05, 0) is 37.3 Å². The Morgan fingerprint density at radius 2 is 1.73 bits per heavy atom. The summed E-state index contributed by atoms with van der Waals surface area (Å²) in [6.07, 6.45) is 1.54. The number of hydrogen-bond acceptors (Lipinski definition) is 5. The van der Waals surface area contributed by atoms with Crippen LogP contribution in [0.5, 0.6) is 0 Å². The number of hydrogen-bond donors (Lipinski definition) is 2. The van der Waals surface area contributed by atoms with Gasteiger partial charge in [0.05, 0.1) is 11.3 Å². The third kappa shape index (κ3) is 5.52. The molecule has 5 rings (SSSR count). The number of fused-ring (bicyclic) bond motifs is 1. The SMILES string of the molecule is Cc1ccc(-c2csc(NC(=O)Cn3cc(C(=O)C(=O)Nc4ccccc4)c4cc(Br)ccc43)n2)cc1.